The van der Waals surface area contributed by atoms with Gasteiger partial charge in [-0.15, -0.1) is 0 Å². The van der Waals surface area contributed by atoms with Gasteiger partial charge in [-0.05, 0) is 45.7 Å². The summed E-state index contributed by atoms with van der Waals surface area (Å²) in [6, 6.07) is 0.881. The van der Waals surface area contributed by atoms with E-state index in [1.165, 1.54) is 45.2 Å². The van der Waals surface area contributed by atoms with Crippen LogP contribution in [0.1, 0.15) is 39.0 Å². The minimum atomic E-state index is 0.456. The van der Waals surface area contributed by atoms with Crippen LogP contribution in [-0.4, -0.2) is 49.8 Å². The average molecular weight is 226 g/mol. The van der Waals surface area contributed by atoms with E-state index in [1.54, 1.807) is 0 Å². The van der Waals surface area contributed by atoms with Gasteiger partial charge < -0.3 is 10.1 Å². The minimum Gasteiger partial charge on any atom is -0.372 e. The molecule has 0 aromatic heterocycles. The number of nitrogens with one attached hydrogen (secondary N) is 1. The molecule has 2 fully saturated rings. The summed E-state index contributed by atoms with van der Waals surface area (Å²) in [4.78, 5) is 2.65. The van der Waals surface area contributed by atoms with Crippen molar-refractivity contribution in [2.75, 3.05) is 26.7 Å². The molecule has 1 heterocycles. The highest BCUT2D eigenvalue weighted by Gasteiger charge is 2.32. The highest BCUT2D eigenvalue weighted by Crippen LogP contribution is 2.29. The number of hydrogen-bond acceptors (Lipinski definition) is 3. The molecule has 0 spiro atoms. The fourth-order valence-corrected chi connectivity index (χ4v) is 2.70. The van der Waals surface area contributed by atoms with E-state index < -0.39 is 0 Å². The highest BCUT2D eigenvalue weighted by molar-refractivity contribution is 4.87. The zero-order chi connectivity index (χ0) is 11.4. The maximum absolute atomic E-state index is 6.05. The fraction of sp³-hybridized carbons (Fsp3) is 1.00. The Balaban J connectivity index is 1.71. The molecule has 1 N–H and O–H groups in total. The molecule has 1 saturated carbocycles. The summed E-state index contributed by atoms with van der Waals surface area (Å²) in [7, 11) is 2.00. The molecular formula is C13H26N2O. The molecule has 0 aromatic rings. The first-order chi connectivity index (χ1) is 7.83. The van der Waals surface area contributed by atoms with Crippen molar-refractivity contribution in [2.24, 2.45) is 0 Å². The van der Waals surface area contributed by atoms with Gasteiger partial charge in [-0.3, -0.25) is 4.90 Å². The zero-order valence-corrected chi connectivity index (χ0v) is 10.7. The largest absolute Gasteiger partial charge is 0.372 e. The quantitative estimate of drug-likeness (QED) is 0.714. The summed E-state index contributed by atoms with van der Waals surface area (Å²) in [5, 5.41) is 3.21. The summed E-state index contributed by atoms with van der Waals surface area (Å²) in [5.41, 5.74) is 0. The van der Waals surface area contributed by atoms with E-state index in [4.69, 9.17) is 4.74 Å². The van der Waals surface area contributed by atoms with Crippen molar-refractivity contribution in [3.8, 4) is 0 Å². The Hall–Kier alpha value is -0.120. The van der Waals surface area contributed by atoms with E-state index in [0.29, 0.717) is 12.2 Å². The van der Waals surface area contributed by atoms with Gasteiger partial charge in [0.2, 0.25) is 0 Å². The predicted octanol–water partition coefficient (Wildman–Crippen LogP) is 1.63. The smallest absolute Gasteiger partial charge is 0.0707 e. The van der Waals surface area contributed by atoms with Crippen LogP contribution >= 0.6 is 0 Å². The van der Waals surface area contributed by atoms with Crippen molar-refractivity contribution in [1.29, 1.82) is 0 Å². The van der Waals surface area contributed by atoms with E-state index in [-0.39, 0.29) is 0 Å². The van der Waals surface area contributed by atoms with Crippen molar-refractivity contribution in [3.05, 3.63) is 0 Å². The van der Waals surface area contributed by atoms with Crippen LogP contribution in [0.3, 0.4) is 0 Å². The first kappa shape index (κ1) is 12.3. The molecule has 1 saturated heterocycles. The van der Waals surface area contributed by atoms with Gasteiger partial charge >= 0.3 is 0 Å². The van der Waals surface area contributed by atoms with Crippen LogP contribution in [0.4, 0.5) is 0 Å². The van der Waals surface area contributed by atoms with E-state index >= 15 is 0 Å². The molecular weight excluding hydrogens is 200 g/mol. The summed E-state index contributed by atoms with van der Waals surface area (Å²) in [6.45, 7) is 5.70. The van der Waals surface area contributed by atoms with Crippen LogP contribution < -0.4 is 5.32 Å². The Bertz CT molecular complexity index is 206. The Kier molecular flexibility index (Phi) is 4.62. The van der Waals surface area contributed by atoms with Gasteiger partial charge in [-0.2, -0.15) is 0 Å². The van der Waals surface area contributed by atoms with Crippen molar-refractivity contribution < 1.29 is 4.74 Å². The monoisotopic (exact) mass is 226 g/mol. The van der Waals surface area contributed by atoms with Crippen LogP contribution in [0, 0.1) is 0 Å². The maximum Gasteiger partial charge on any atom is 0.0707 e. The minimum absolute atomic E-state index is 0.456. The molecule has 0 bridgehead atoms. The van der Waals surface area contributed by atoms with Crippen LogP contribution in [0.25, 0.3) is 0 Å². The summed E-state index contributed by atoms with van der Waals surface area (Å²) in [5.74, 6) is 0. The summed E-state index contributed by atoms with van der Waals surface area (Å²) >= 11 is 0. The molecule has 2 rings (SSSR count). The standard InChI is InChI=1S/C13H26N2O/c1-3-8-15(11-4-5-11)10-13-7-6-12(16-13)9-14-2/h11-14H,3-10H2,1-2H3. The SMILES string of the molecule is CCCN(CC1CCC(CNC)O1)C1CC1. The molecule has 16 heavy (non-hydrogen) atoms. The van der Waals surface area contributed by atoms with Gasteiger partial charge in [-0.1, -0.05) is 6.92 Å². The Labute approximate surface area is 99.5 Å². The normalized spacial score (nSPS) is 30.2. The van der Waals surface area contributed by atoms with E-state index in [9.17, 15) is 0 Å². The Morgan fingerprint density at radius 3 is 2.56 bits per heavy atom. The molecule has 1 aliphatic heterocycles. The first-order valence-electron chi connectivity index (χ1n) is 6.87. The maximum atomic E-state index is 6.05. The molecule has 1 aliphatic carbocycles. The highest BCUT2D eigenvalue weighted by atomic mass is 16.5. The fourth-order valence-electron chi connectivity index (χ4n) is 2.70. The lowest BCUT2D eigenvalue weighted by atomic mass is 10.2. The molecule has 2 aliphatic rings. The van der Waals surface area contributed by atoms with Crippen molar-refractivity contribution in [3.63, 3.8) is 0 Å². The third-order valence-electron chi connectivity index (χ3n) is 3.64. The zero-order valence-electron chi connectivity index (χ0n) is 10.7. The van der Waals surface area contributed by atoms with Crippen molar-refractivity contribution in [1.82, 2.24) is 10.2 Å². The van der Waals surface area contributed by atoms with E-state index in [1.807, 2.05) is 7.05 Å². The second-order valence-electron chi connectivity index (χ2n) is 5.24. The molecule has 3 heteroatoms. The van der Waals surface area contributed by atoms with Crippen molar-refractivity contribution in [2.45, 2.75) is 57.3 Å². The van der Waals surface area contributed by atoms with E-state index in [2.05, 4.69) is 17.1 Å². The first-order valence-corrected chi connectivity index (χ1v) is 6.87. The Morgan fingerprint density at radius 1 is 1.19 bits per heavy atom. The lowest BCUT2D eigenvalue weighted by molar-refractivity contribution is 0.0225. The number of likely N-dealkylation sites (N-methyl/N-ethyl adjacent to an activating group) is 1. The number of rotatable bonds is 7. The molecule has 0 aromatic carbocycles. The van der Waals surface area contributed by atoms with Crippen LogP contribution in [0.15, 0.2) is 0 Å². The summed E-state index contributed by atoms with van der Waals surface area (Å²) < 4.78 is 6.05. The molecule has 0 radical (unpaired) electrons. The van der Waals surface area contributed by atoms with Crippen LogP contribution in [0.5, 0.6) is 0 Å². The van der Waals surface area contributed by atoms with Gasteiger partial charge in [0.25, 0.3) is 0 Å². The van der Waals surface area contributed by atoms with Crippen LogP contribution in [0.2, 0.25) is 0 Å². The third-order valence-corrected chi connectivity index (χ3v) is 3.64. The molecule has 3 nitrogen and oxygen atoms in total. The lowest BCUT2D eigenvalue weighted by Crippen LogP contribution is -2.35. The predicted molar refractivity (Wildman–Crippen MR) is 66.7 cm³/mol. The van der Waals surface area contributed by atoms with Gasteiger partial charge in [0.15, 0.2) is 0 Å². The number of hydrogen-bond donors (Lipinski definition) is 1. The van der Waals surface area contributed by atoms with E-state index in [0.717, 1.165) is 12.6 Å². The topological polar surface area (TPSA) is 24.5 Å². The van der Waals surface area contributed by atoms with Gasteiger partial charge in [0.05, 0.1) is 12.2 Å². The van der Waals surface area contributed by atoms with Crippen LogP contribution in [-0.2, 0) is 4.74 Å². The molecule has 2 unspecified atom stereocenters. The lowest BCUT2D eigenvalue weighted by Gasteiger charge is -2.25. The van der Waals surface area contributed by atoms with Crippen molar-refractivity contribution >= 4 is 0 Å². The number of ether oxygens (including phenoxy) is 1. The number of nitrogens with zero attached hydrogens (tertiary/aromatic N) is 1. The average Bonchev–Trinajstić information content (AvgIpc) is 3.02. The second kappa shape index (κ2) is 5.99. The molecule has 2 atom stereocenters. The second-order valence-corrected chi connectivity index (χ2v) is 5.24. The molecule has 94 valence electrons. The third kappa shape index (κ3) is 3.44. The van der Waals surface area contributed by atoms with Gasteiger partial charge in [-0.25, -0.2) is 0 Å². The molecule has 0 amide bonds. The van der Waals surface area contributed by atoms with Gasteiger partial charge in [0, 0.05) is 19.1 Å². The Morgan fingerprint density at radius 2 is 1.94 bits per heavy atom. The summed E-state index contributed by atoms with van der Waals surface area (Å²) in [6.07, 6.45) is 7.51. The van der Waals surface area contributed by atoms with Gasteiger partial charge in [0.1, 0.15) is 0 Å².